The van der Waals surface area contributed by atoms with E-state index in [0.717, 1.165) is 19.3 Å². The first-order chi connectivity index (χ1) is 8.31. The van der Waals surface area contributed by atoms with E-state index in [4.69, 9.17) is 5.73 Å². The maximum Gasteiger partial charge on any atom is 0.229 e. The predicted molar refractivity (Wildman–Crippen MR) is 65.2 cm³/mol. The maximum absolute atomic E-state index is 12.1. The number of anilines is 1. The Kier molecular flexibility index (Phi) is 4.03. The summed E-state index contributed by atoms with van der Waals surface area (Å²) >= 11 is 0. The molecule has 2 rings (SSSR count). The van der Waals surface area contributed by atoms with Crippen LogP contribution < -0.4 is 11.1 Å². The van der Waals surface area contributed by atoms with Crippen molar-refractivity contribution >= 4 is 11.7 Å². The third-order valence-electron chi connectivity index (χ3n) is 3.37. The molecule has 1 fully saturated rings. The number of amides is 1. The molecule has 0 radical (unpaired) electrons. The molecule has 1 saturated carbocycles. The van der Waals surface area contributed by atoms with Crippen molar-refractivity contribution < 1.29 is 4.79 Å². The molecular formula is C12H18N4O. The van der Waals surface area contributed by atoms with Gasteiger partial charge in [-0.1, -0.05) is 12.8 Å². The molecule has 1 aromatic heterocycles. The molecule has 0 aromatic carbocycles. The molecular weight excluding hydrogens is 216 g/mol. The first-order valence-electron chi connectivity index (χ1n) is 6.10. The molecule has 1 aliphatic rings. The van der Waals surface area contributed by atoms with Gasteiger partial charge in [0, 0.05) is 12.1 Å². The zero-order valence-corrected chi connectivity index (χ0v) is 9.80. The van der Waals surface area contributed by atoms with Crippen LogP contribution in [0.5, 0.6) is 0 Å². The minimum atomic E-state index is 0.0238. The molecule has 0 spiro atoms. The largest absolute Gasteiger partial charge is 0.330 e. The SMILES string of the molecule is NCC1CCCCC1C(=O)Nc1cccnn1. The van der Waals surface area contributed by atoms with Crippen LogP contribution in [0.3, 0.4) is 0 Å². The van der Waals surface area contributed by atoms with E-state index < -0.39 is 0 Å². The lowest BCUT2D eigenvalue weighted by atomic mass is 9.79. The number of hydrogen-bond acceptors (Lipinski definition) is 4. The van der Waals surface area contributed by atoms with Crippen molar-refractivity contribution in [3.63, 3.8) is 0 Å². The summed E-state index contributed by atoms with van der Waals surface area (Å²) in [7, 11) is 0. The number of nitrogens with one attached hydrogen (secondary N) is 1. The number of rotatable bonds is 3. The highest BCUT2D eigenvalue weighted by Gasteiger charge is 2.29. The first kappa shape index (κ1) is 12.0. The number of aromatic nitrogens is 2. The fourth-order valence-electron chi connectivity index (χ4n) is 2.42. The van der Waals surface area contributed by atoms with Gasteiger partial charge in [0.15, 0.2) is 5.82 Å². The predicted octanol–water partition coefficient (Wildman–Crippen LogP) is 1.18. The van der Waals surface area contributed by atoms with Crippen LogP contribution in [0.1, 0.15) is 25.7 Å². The van der Waals surface area contributed by atoms with Gasteiger partial charge in [0.2, 0.25) is 5.91 Å². The van der Waals surface area contributed by atoms with E-state index in [1.807, 2.05) is 0 Å². The Bertz CT molecular complexity index is 368. The Hall–Kier alpha value is -1.49. The second kappa shape index (κ2) is 5.72. The summed E-state index contributed by atoms with van der Waals surface area (Å²) in [5, 5.41) is 10.4. The Balaban J connectivity index is 1.99. The fourth-order valence-corrected chi connectivity index (χ4v) is 2.42. The van der Waals surface area contributed by atoms with Gasteiger partial charge in [-0.25, -0.2) is 0 Å². The zero-order valence-electron chi connectivity index (χ0n) is 9.80. The molecule has 3 N–H and O–H groups in total. The molecule has 92 valence electrons. The van der Waals surface area contributed by atoms with E-state index in [-0.39, 0.29) is 11.8 Å². The number of carbonyl (C=O) groups excluding carboxylic acids is 1. The van der Waals surface area contributed by atoms with Crippen LogP contribution in [0.15, 0.2) is 18.3 Å². The third kappa shape index (κ3) is 3.00. The lowest BCUT2D eigenvalue weighted by Gasteiger charge is -2.29. The van der Waals surface area contributed by atoms with Crippen molar-refractivity contribution in [3.8, 4) is 0 Å². The monoisotopic (exact) mass is 234 g/mol. The van der Waals surface area contributed by atoms with E-state index in [0.29, 0.717) is 18.3 Å². The normalized spacial score (nSPS) is 24.3. The molecule has 0 bridgehead atoms. The van der Waals surface area contributed by atoms with Gasteiger partial charge in [-0.15, -0.1) is 5.10 Å². The molecule has 0 saturated heterocycles. The molecule has 0 aliphatic heterocycles. The fraction of sp³-hybridized carbons (Fsp3) is 0.583. The van der Waals surface area contributed by atoms with Crippen LogP contribution in [0.4, 0.5) is 5.82 Å². The highest BCUT2D eigenvalue weighted by molar-refractivity contribution is 5.91. The van der Waals surface area contributed by atoms with E-state index in [2.05, 4.69) is 15.5 Å². The topological polar surface area (TPSA) is 80.9 Å². The summed E-state index contributed by atoms with van der Waals surface area (Å²) in [6, 6.07) is 3.50. The molecule has 5 heteroatoms. The number of carbonyl (C=O) groups is 1. The first-order valence-corrected chi connectivity index (χ1v) is 6.10. The van der Waals surface area contributed by atoms with Crippen molar-refractivity contribution in [2.75, 3.05) is 11.9 Å². The smallest absolute Gasteiger partial charge is 0.229 e. The number of nitrogens with two attached hydrogens (primary N) is 1. The lowest BCUT2D eigenvalue weighted by Crippen LogP contribution is -2.35. The van der Waals surface area contributed by atoms with Gasteiger partial charge in [0.05, 0.1) is 0 Å². The second-order valence-electron chi connectivity index (χ2n) is 4.48. The summed E-state index contributed by atoms with van der Waals surface area (Å²) in [5.74, 6) is 0.871. The van der Waals surface area contributed by atoms with Gasteiger partial charge in [0.1, 0.15) is 0 Å². The Morgan fingerprint density at radius 3 is 3.00 bits per heavy atom. The average Bonchev–Trinajstić information content (AvgIpc) is 2.40. The summed E-state index contributed by atoms with van der Waals surface area (Å²) < 4.78 is 0. The van der Waals surface area contributed by atoms with Gasteiger partial charge in [-0.2, -0.15) is 5.10 Å². The van der Waals surface area contributed by atoms with Crippen molar-refractivity contribution in [2.24, 2.45) is 17.6 Å². The van der Waals surface area contributed by atoms with E-state index in [1.54, 1.807) is 18.3 Å². The summed E-state index contributed by atoms with van der Waals surface area (Å²) in [4.78, 5) is 12.1. The van der Waals surface area contributed by atoms with E-state index >= 15 is 0 Å². The Labute approximate surface area is 101 Å². The second-order valence-corrected chi connectivity index (χ2v) is 4.48. The molecule has 1 amide bonds. The molecule has 5 nitrogen and oxygen atoms in total. The number of hydrogen-bond donors (Lipinski definition) is 2. The maximum atomic E-state index is 12.1. The van der Waals surface area contributed by atoms with Crippen molar-refractivity contribution in [2.45, 2.75) is 25.7 Å². The minimum Gasteiger partial charge on any atom is -0.330 e. The highest BCUT2D eigenvalue weighted by atomic mass is 16.2. The summed E-state index contributed by atoms with van der Waals surface area (Å²) in [6.07, 6.45) is 5.84. The van der Waals surface area contributed by atoms with Crippen LogP contribution in [0.2, 0.25) is 0 Å². The van der Waals surface area contributed by atoms with Crippen molar-refractivity contribution in [1.82, 2.24) is 10.2 Å². The molecule has 1 aromatic rings. The van der Waals surface area contributed by atoms with Crippen LogP contribution in [-0.2, 0) is 4.79 Å². The minimum absolute atomic E-state index is 0.0238. The zero-order chi connectivity index (χ0) is 12.1. The van der Waals surface area contributed by atoms with Crippen molar-refractivity contribution in [1.29, 1.82) is 0 Å². The van der Waals surface area contributed by atoms with Crippen LogP contribution in [0, 0.1) is 11.8 Å². The molecule has 17 heavy (non-hydrogen) atoms. The molecule has 2 unspecified atom stereocenters. The Morgan fingerprint density at radius 1 is 1.47 bits per heavy atom. The summed E-state index contributed by atoms with van der Waals surface area (Å²) in [6.45, 7) is 0.582. The van der Waals surface area contributed by atoms with Gasteiger partial charge in [0.25, 0.3) is 0 Å². The standard InChI is InChI=1S/C12H18N4O/c13-8-9-4-1-2-5-10(9)12(17)15-11-6-3-7-14-16-11/h3,6-7,9-10H,1-2,4-5,8,13H2,(H,15,16,17). The van der Waals surface area contributed by atoms with Gasteiger partial charge < -0.3 is 11.1 Å². The van der Waals surface area contributed by atoms with Gasteiger partial charge >= 0.3 is 0 Å². The van der Waals surface area contributed by atoms with Crippen LogP contribution in [0.25, 0.3) is 0 Å². The van der Waals surface area contributed by atoms with Gasteiger partial charge in [-0.3, -0.25) is 4.79 Å². The Morgan fingerprint density at radius 2 is 2.29 bits per heavy atom. The van der Waals surface area contributed by atoms with Crippen molar-refractivity contribution in [3.05, 3.63) is 18.3 Å². The van der Waals surface area contributed by atoms with Gasteiger partial charge in [-0.05, 0) is 37.4 Å². The van der Waals surface area contributed by atoms with E-state index in [1.165, 1.54) is 6.42 Å². The quantitative estimate of drug-likeness (QED) is 0.823. The third-order valence-corrected chi connectivity index (χ3v) is 3.37. The highest BCUT2D eigenvalue weighted by Crippen LogP contribution is 2.30. The summed E-state index contributed by atoms with van der Waals surface area (Å²) in [5.41, 5.74) is 5.72. The number of nitrogens with zero attached hydrogens (tertiary/aromatic N) is 2. The molecule has 1 heterocycles. The molecule has 1 aliphatic carbocycles. The lowest BCUT2D eigenvalue weighted by molar-refractivity contribution is -0.122. The van der Waals surface area contributed by atoms with Crippen LogP contribution in [-0.4, -0.2) is 22.6 Å². The van der Waals surface area contributed by atoms with Crippen LogP contribution >= 0.6 is 0 Å². The van der Waals surface area contributed by atoms with E-state index in [9.17, 15) is 4.79 Å². The average molecular weight is 234 g/mol. The molecule has 2 atom stereocenters.